The van der Waals surface area contributed by atoms with Crippen LogP contribution in [0, 0.1) is 5.92 Å². The van der Waals surface area contributed by atoms with Crippen LogP contribution in [0.1, 0.15) is 18.9 Å². The van der Waals surface area contributed by atoms with E-state index < -0.39 is 0 Å². The highest BCUT2D eigenvalue weighted by Crippen LogP contribution is 2.26. The number of benzene rings is 2. The van der Waals surface area contributed by atoms with E-state index in [0.29, 0.717) is 22.3 Å². The number of hydrogen-bond donors (Lipinski definition) is 1. The maximum Gasteiger partial charge on any atom is 0.342 e. The number of nitrogens with one attached hydrogen (secondary N) is 1. The van der Waals surface area contributed by atoms with Crippen molar-refractivity contribution in [3.63, 3.8) is 0 Å². The number of carbonyl (C=O) groups is 1. The zero-order valence-electron chi connectivity index (χ0n) is 15.0. The summed E-state index contributed by atoms with van der Waals surface area (Å²) in [5.74, 6) is 2.34. The van der Waals surface area contributed by atoms with Crippen molar-refractivity contribution in [2.75, 3.05) is 23.4 Å². The van der Waals surface area contributed by atoms with Crippen LogP contribution in [0.4, 0.5) is 10.5 Å². The number of carbonyl (C=O) groups excluding carboxylic acids is 1. The molecule has 1 unspecified atom stereocenters. The summed E-state index contributed by atoms with van der Waals surface area (Å²) in [6.07, 6.45) is 0.977. The fraction of sp³-hybridized carbons (Fsp3) is 0.300. The number of urea groups is 1. The third-order valence-electron chi connectivity index (χ3n) is 4.29. The summed E-state index contributed by atoms with van der Waals surface area (Å²) in [6, 6.07) is 14.4. The molecule has 2 aromatic carbocycles. The van der Waals surface area contributed by atoms with Gasteiger partial charge in [-0.15, -0.1) is 0 Å². The third-order valence-corrected chi connectivity index (χ3v) is 5.73. The molecule has 0 saturated heterocycles. The lowest BCUT2D eigenvalue weighted by Crippen LogP contribution is -2.30. The van der Waals surface area contributed by atoms with Gasteiger partial charge in [0.1, 0.15) is 0 Å². The van der Waals surface area contributed by atoms with Crippen LogP contribution in [0.25, 0.3) is 0 Å². The molecule has 2 aromatic rings. The monoisotopic (exact) mass is 421 g/mol. The van der Waals surface area contributed by atoms with Gasteiger partial charge in [-0.25, -0.2) is 9.80 Å². The zero-order valence-corrected chi connectivity index (χ0v) is 17.3. The largest absolute Gasteiger partial charge is 0.342 e. The summed E-state index contributed by atoms with van der Waals surface area (Å²) in [5, 5.41) is 10.3. The van der Waals surface area contributed by atoms with Crippen LogP contribution in [0.3, 0.4) is 0 Å². The number of thioether (sulfide) groups is 1. The number of hydrazone groups is 1. The first-order chi connectivity index (χ1) is 13.1. The first kappa shape index (κ1) is 20.1. The minimum atomic E-state index is -0.241. The van der Waals surface area contributed by atoms with Gasteiger partial charge in [-0.05, 0) is 59.9 Å². The van der Waals surface area contributed by atoms with Crippen LogP contribution in [0.15, 0.2) is 53.6 Å². The van der Waals surface area contributed by atoms with Crippen LogP contribution in [0.2, 0.25) is 10.0 Å². The van der Waals surface area contributed by atoms with E-state index in [1.807, 2.05) is 36.0 Å². The molecule has 0 saturated carbocycles. The summed E-state index contributed by atoms with van der Waals surface area (Å²) in [5.41, 5.74) is 2.64. The second-order valence-corrected chi connectivity index (χ2v) is 8.46. The molecule has 1 aliphatic rings. The fourth-order valence-electron chi connectivity index (χ4n) is 2.91. The summed E-state index contributed by atoms with van der Waals surface area (Å²) >= 11 is 13.8. The average Bonchev–Trinajstić information content (AvgIpc) is 3.09. The lowest BCUT2D eigenvalue weighted by Gasteiger charge is -2.15. The van der Waals surface area contributed by atoms with Crippen molar-refractivity contribution in [2.45, 2.75) is 13.3 Å². The van der Waals surface area contributed by atoms with Crippen LogP contribution in [-0.4, -0.2) is 34.8 Å². The molecule has 0 aliphatic carbocycles. The van der Waals surface area contributed by atoms with Gasteiger partial charge in [-0.1, -0.05) is 42.3 Å². The van der Waals surface area contributed by atoms with E-state index in [1.54, 1.807) is 24.3 Å². The number of amides is 2. The molecule has 1 aliphatic heterocycles. The Morgan fingerprint density at radius 1 is 1.15 bits per heavy atom. The Morgan fingerprint density at radius 2 is 1.78 bits per heavy atom. The van der Waals surface area contributed by atoms with Crippen LogP contribution >= 0.6 is 35.0 Å². The molecule has 7 heteroatoms. The Labute approximate surface area is 173 Å². The molecular formula is C20H21Cl2N3OS. The molecule has 3 rings (SSSR count). The van der Waals surface area contributed by atoms with E-state index >= 15 is 0 Å². The SMILES string of the molecule is CCSCCC1CN(C(=O)Nc2ccc(Cl)cc2)N=C1c1ccc(Cl)cc1. The molecule has 4 nitrogen and oxygen atoms in total. The van der Waals surface area contributed by atoms with Gasteiger partial charge >= 0.3 is 6.03 Å². The highest BCUT2D eigenvalue weighted by Gasteiger charge is 2.30. The van der Waals surface area contributed by atoms with Crippen molar-refractivity contribution in [1.82, 2.24) is 5.01 Å². The van der Waals surface area contributed by atoms with Crippen molar-refractivity contribution in [3.05, 3.63) is 64.1 Å². The van der Waals surface area contributed by atoms with Gasteiger partial charge in [0.15, 0.2) is 0 Å². The van der Waals surface area contributed by atoms with E-state index in [0.717, 1.165) is 29.2 Å². The predicted octanol–water partition coefficient (Wildman–Crippen LogP) is 6.00. The Morgan fingerprint density at radius 3 is 2.41 bits per heavy atom. The molecule has 1 atom stereocenters. The van der Waals surface area contributed by atoms with Crippen molar-refractivity contribution in [3.8, 4) is 0 Å². The average molecular weight is 422 g/mol. The quantitative estimate of drug-likeness (QED) is 0.580. The van der Waals surface area contributed by atoms with Crippen molar-refractivity contribution in [1.29, 1.82) is 0 Å². The van der Waals surface area contributed by atoms with E-state index in [1.165, 1.54) is 5.01 Å². The van der Waals surface area contributed by atoms with E-state index in [4.69, 9.17) is 23.2 Å². The molecule has 142 valence electrons. The first-order valence-electron chi connectivity index (χ1n) is 8.83. The zero-order chi connectivity index (χ0) is 19.2. The lowest BCUT2D eigenvalue weighted by molar-refractivity contribution is 0.215. The second-order valence-electron chi connectivity index (χ2n) is 6.19. The Balaban J connectivity index is 1.75. The highest BCUT2D eigenvalue weighted by atomic mass is 35.5. The maximum absolute atomic E-state index is 12.7. The Hall–Kier alpha value is -1.69. The normalized spacial score (nSPS) is 16.3. The summed E-state index contributed by atoms with van der Waals surface area (Å²) in [4.78, 5) is 12.7. The summed E-state index contributed by atoms with van der Waals surface area (Å²) < 4.78 is 0. The third kappa shape index (κ3) is 5.41. The van der Waals surface area contributed by atoms with Gasteiger partial charge in [0.2, 0.25) is 0 Å². The van der Waals surface area contributed by atoms with Gasteiger partial charge < -0.3 is 5.32 Å². The number of nitrogens with zero attached hydrogens (tertiary/aromatic N) is 2. The van der Waals surface area contributed by atoms with Gasteiger partial charge in [0.05, 0.1) is 12.3 Å². The van der Waals surface area contributed by atoms with Gasteiger partial charge in [0, 0.05) is 21.7 Å². The number of anilines is 1. The lowest BCUT2D eigenvalue weighted by atomic mass is 9.95. The van der Waals surface area contributed by atoms with Crippen LogP contribution in [-0.2, 0) is 0 Å². The van der Waals surface area contributed by atoms with Crippen molar-refractivity contribution in [2.24, 2.45) is 11.0 Å². The molecule has 27 heavy (non-hydrogen) atoms. The fourth-order valence-corrected chi connectivity index (χ4v) is 3.90. The minimum Gasteiger partial charge on any atom is -0.306 e. The second kappa shape index (κ2) is 9.49. The summed E-state index contributed by atoms with van der Waals surface area (Å²) in [6.45, 7) is 2.72. The smallest absolute Gasteiger partial charge is 0.306 e. The number of hydrogen-bond acceptors (Lipinski definition) is 3. The number of rotatable bonds is 6. The minimum absolute atomic E-state index is 0.209. The van der Waals surface area contributed by atoms with Crippen molar-refractivity contribution >= 4 is 52.4 Å². The summed E-state index contributed by atoms with van der Waals surface area (Å²) in [7, 11) is 0. The van der Waals surface area contributed by atoms with E-state index in [-0.39, 0.29) is 11.9 Å². The molecule has 1 heterocycles. The molecule has 1 N–H and O–H groups in total. The van der Waals surface area contributed by atoms with Gasteiger partial charge in [0.25, 0.3) is 0 Å². The van der Waals surface area contributed by atoms with E-state index in [2.05, 4.69) is 17.3 Å². The maximum atomic E-state index is 12.7. The van der Waals surface area contributed by atoms with Gasteiger partial charge in [-0.3, -0.25) is 0 Å². The van der Waals surface area contributed by atoms with Gasteiger partial charge in [-0.2, -0.15) is 16.9 Å². The molecule has 2 amide bonds. The Kier molecular flexibility index (Phi) is 7.05. The predicted molar refractivity (Wildman–Crippen MR) is 116 cm³/mol. The van der Waals surface area contributed by atoms with Crippen molar-refractivity contribution < 1.29 is 4.79 Å². The van der Waals surface area contributed by atoms with Crippen LogP contribution in [0.5, 0.6) is 0 Å². The molecule has 0 fully saturated rings. The Bertz CT molecular complexity index is 809. The highest BCUT2D eigenvalue weighted by molar-refractivity contribution is 7.99. The molecular weight excluding hydrogens is 401 g/mol. The standard InChI is InChI=1S/C20H21Cl2N3OS/c1-2-27-12-11-15-13-25(20(26)23-18-9-7-17(22)8-10-18)24-19(15)14-3-5-16(21)6-4-14/h3-10,15H,2,11-13H2,1H3,(H,23,26). The molecule has 0 spiro atoms. The topological polar surface area (TPSA) is 44.7 Å². The molecule has 0 aromatic heterocycles. The first-order valence-corrected chi connectivity index (χ1v) is 10.7. The molecule has 0 bridgehead atoms. The molecule has 0 radical (unpaired) electrons. The van der Waals surface area contributed by atoms with E-state index in [9.17, 15) is 4.79 Å². The number of halogens is 2. The van der Waals surface area contributed by atoms with Crippen LogP contribution < -0.4 is 5.32 Å².